The molecule has 1 fully saturated rings. The van der Waals surface area contributed by atoms with Gasteiger partial charge in [-0.3, -0.25) is 14.9 Å². The van der Waals surface area contributed by atoms with E-state index in [1.54, 1.807) is 30.3 Å². The highest BCUT2D eigenvalue weighted by Gasteiger charge is 2.37. The minimum absolute atomic E-state index is 0.0812. The molecule has 1 aliphatic heterocycles. The summed E-state index contributed by atoms with van der Waals surface area (Å²) in [5, 5.41) is 2.27. The normalized spacial score (nSPS) is 15.5. The van der Waals surface area contributed by atoms with Crippen LogP contribution in [0.15, 0.2) is 60.2 Å². The number of halogens is 1. The van der Waals surface area contributed by atoms with Gasteiger partial charge in [0.15, 0.2) is 0 Å². The van der Waals surface area contributed by atoms with E-state index in [4.69, 9.17) is 0 Å². The van der Waals surface area contributed by atoms with Crippen LogP contribution in [0.5, 0.6) is 0 Å². The average Bonchev–Trinajstić information content (AvgIpc) is 3.00. The zero-order valence-electron chi connectivity index (χ0n) is 17.3. The predicted octanol–water partition coefficient (Wildman–Crippen LogP) is 4.67. The third-order valence-corrected chi connectivity index (χ3v) is 5.97. The SMILES string of the molecule is Cc1ccc(-n2c(C)cc(/C=C3/C(=O)NC(=O)N(c4ccc(I)cc4)C3=O)c2C)cc1. The van der Waals surface area contributed by atoms with Gasteiger partial charge in [0.25, 0.3) is 11.8 Å². The molecule has 3 aromatic rings. The molecule has 0 aliphatic carbocycles. The third kappa shape index (κ3) is 3.93. The first-order valence-electron chi connectivity index (χ1n) is 9.69. The van der Waals surface area contributed by atoms with Crippen LogP contribution in [-0.4, -0.2) is 22.4 Å². The van der Waals surface area contributed by atoms with Crippen LogP contribution in [0, 0.1) is 24.3 Å². The highest BCUT2D eigenvalue weighted by atomic mass is 127. The molecule has 0 atom stereocenters. The van der Waals surface area contributed by atoms with E-state index < -0.39 is 17.8 Å². The Hall–Kier alpha value is -3.20. The van der Waals surface area contributed by atoms with E-state index in [-0.39, 0.29) is 5.57 Å². The number of urea groups is 1. The number of imide groups is 2. The second-order valence-corrected chi connectivity index (χ2v) is 8.68. The number of carbonyl (C=O) groups excluding carboxylic acids is 3. The number of barbiturate groups is 1. The Morgan fingerprint density at radius 2 is 1.48 bits per heavy atom. The molecule has 1 aromatic heterocycles. The summed E-state index contributed by atoms with van der Waals surface area (Å²) < 4.78 is 3.04. The Labute approximate surface area is 193 Å². The second-order valence-electron chi connectivity index (χ2n) is 7.43. The summed E-state index contributed by atoms with van der Waals surface area (Å²) in [4.78, 5) is 39.0. The second kappa shape index (κ2) is 8.14. The van der Waals surface area contributed by atoms with Gasteiger partial charge in [0.05, 0.1) is 5.69 Å². The van der Waals surface area contributed by atoms with E-state index in [0.29, 0.717) is 5.69 Å². The molecular formula is C24H20IN3O3. The molecule has 1 aliphatic rings. The number of nitrogens with zero attached hydrogens (tertiary/aromatic N) is 2. The van der Waals surface area contributed by atoms with Crippen molar-refractivity contribution in [1.29, 1.82) is 0 Å². The highest BCUT2D eigenvalue weighted by molar-refractivity contribution is 14.1. The predicted molar refractivity (Wildman–Crippen MR) is 128 cm³/mol. The van der Waals surface area contributed by atoms with Gasteiger partial charge in [-0.25, -0.2) is 9.69 Å². The molecule has 4 amide bonds. The number of aromatic nitrogens is 1. The molecule has 7 heteroatoms. The zero-order chi connectivity index (χ0) is 22.3. The van der Waals surface area contributed by atoms with Crippen molar-refractivity contribution in [2.75, 3.05) is 4.90 Å². The van der Waals surface area contributed by atoms with Crippen LogP contribution in [-0.2, 0) is 9.59 Å². The standard InChI is InChI=1S/C24H20IN3O3/c1-14-4-8-19(9-5-14)27-15(2)12-17(16(27)3)13-21-22(29)26-24(31)28(23(21)30)20-10-6-18(25)7-11-20/h4-13H,1-3H3,(H,26,29,31)/b21-13-. The van der Waals surface area contributed by atoms with E-state index in [9.17, 15) is 14.4 Å². The minimum Gasteiger partial charge on any atom is -0.318 e. The van der Waals surface area contributed by atoms with E-state index in [1.807, 2.05) is 51.1 Å². The van der Waals surface area contributed by atoms with Crippen LogP contribution in [0.3, 0.4) is 0 Å². The number of nitrogens with one attached hydrogen (secondary N) is 1. The third-order valence-electron chi connectivity index (χ3n) is 5.25. The number of hydrogen-bond acceptors (Lipinski definition) is 3. The average molecular weight is 525 g/mol. The smallest absolute Gasteiger partial charge is 0.318 e. The zero-order valence-corrected chi connectivity index (χ0v) is 19.4. The van der Waals surface area contributed by atoms with Gasteiger partial charge >= 0.3 is 6.03 Å². The number of amides is 4. The molecule has 0 unspecified atom stereocenters. The van der Waals surface area contributed by atoms with Gasteiger partial charge in [0.2, 0.25) is 0 Å². The lowest BCUT2D eigenvalue weighted by molar-refractivity contribution is -0.122. The van der Waals surface area contributed by atoms with Crippen molar-refractivity contribution >= 4 is 52.2 Å². The lowest BCUT2D eigenvalue weighted by Crippen LogP contribution is -2.54. The summed E-state index contributed by atoms with van der Waals surface area (Å²) in [7, 11) is 0. The molecule has 0 spiro atoms. The van der Waals surface area contributed by atoms with Gasteiger partial charge in [-0.15, -0.1) is 0 Å². The number of rotatable bonds is 3. The fourth-order valence-corrected chi connectivity index (χ4v) is 4.02. The Kier molecular flexibility index (Phi) is 5.53. The van der Waals surface area contributed by atoms with Gasteiger partial charge in [-0.2, -0.15) is 0 Å². The lowest BCUT2D eigenvalue weighted by Gasteiger charge is -2.26. The molecule has 0 saturated carbocycles. The molecule has 1 N–H and O–H groups in total. The Balaban J connectivity index is 1.75. The topological polar surface area (TPSA) is 71.4 Å². The molecule has 2 aromatic carbocycles. The van der Waals surface area contributed by atoms with E-state index in [0.717, 1.165) is 31.1 Å². The molecule has 6 nitrogen and oxygen atoms in total. The van der Waals surface area contributed by atoms with Gasteiger partial charge < -0.3 is 4.57 Å². The fraction of sp³-hybridized carbons (Fsp3) is 0.125. The Morgan fingerprint density at radius 3 is 2.13 bits per heavy atom. The van der Waals surface area contributed by atoms with Crippen molar-refractivity contribution in [3.05, 3.63) is 86.3 Å². The monoisotopic (exact) mass is 525 g/mol. The maximum atomic E-state index is 13.1. The fourth-order valence-electron chi connectivity index (χ4n) is 3.66. The Bertz CT molecular complexity index is 1240. The van der Waals surface area contributed by atoms with E-state index in [2.05, 4.69) is 32.5 Å². The molecule has 31 heavy (non-hydrogen) atoms. The summed E-state index contributed by atoms with van der Waals surface area (Å²) in [6.45, 7) is 5.94. The van der Waals surface area contributed by atoms with Crippen molar-refractivity contribution in [1.82, 2.24) is 9.88 Å². The van der Waals surface area contributed by atoms with Crippen molar-refractivity contribution in [3.8, 4) is 5.69 Å². The molecule has 0 bridgehead atoms. The van der Waals surface area contributed by atoms with Gasteiger partial charge in [0, 0.05) is 20.6 Å². The van der Waals surface area contributed by atoms with Gasteiger partial charge in [-0.1, -0.05) is 17.7 Å². The van der Waals surface area contributed by atoms with Crippen LogP contribution in [0.4, 0.5) is 10.5 Å². The van der Waals surface area contributed by atoms with Crippen LogP contribution in [0.25, 0.3) is 11.8 Å². The molecule has 0 radical (unpaired) electrons. The number of carbonyl (C=O) groups is 3. The number of hydrogen-bond donors (Lipinski definition) is 1. The molecule has 156 valence electrons. The van der Waals surface area contributed by atoms with Gasteiger partial charge in [-0.05, 0) is 97.5 Å². The maximum Gasteiger partial charge on any atom is 0.335 e. The summed E-state index contributed by atoms with van der Waals surface area (Å²) in [6.07, 6.45) is 1.55. The van der Waals surface area contributed by atoms with Crippen LogP contribution in [0.1, 0.15) is 22.5 Å². The first-order chi connectivity index (χ1) is 14.8. The number of anilines is 1. The highest BCUT2D eigenvalue weighted by Crippen LogP contribution is 2.26. The molecular weight excluding hydrogens is 505 g/mol. The largest absolute Gasteiger partial charge is 0.335 e. The summed E-state index contributed by atoms with van der Waals surface area (Å²) >= 11 is 2.14. The van der Waals surface area contributed by atoms with Crippen molar-refractivity contribution < 1.29 is 14.4 Å². The molecule has 1 saturated heterocycles. The summed E-state index contributed by atoms with van der Waals surface area (Å²) in [5.74, 6) is -1.34. The van der Waals surface area contributed by atoms with Crippen molar-refractivity contribution in [3.63, 3.8) is 0 Å². The first kappa shape index (κ1) is 21.0. The minimum atomic E-state index is -0.751. The summed E-state index contributed by atoms with van der Waals surface area (Å²) in [5.41, 5.74) is 5.11. The number of aryl methyl sites for hydroxylation is 2. The van der Waals surface area contributed by atoms with Crippen LogP contribution >= 0.6 is 22.6 Å². The molecule has 2 heterocycles. The maximum absolute atomic E-state index is 13.1. The quantitative estimate of drug-likeness (QED) is 0.307. The van der Waals surface area contributed by atoms with Crippen molar-refractivity contribution in [2.45, 2.75) is 20.8 Å². The van der Waals surface area contributed by atoms with E-state index >= 15 is 0 Å². The van der Waals surface area contributed by atoms with Gasteiger partial charge in [0.1, 0.15) is 5.57 Å². The van der Waals surface area contributed by atoms with Crippen LogP contribution < -0.4 is 10.2 Å². The number of benzene rings is 2. The summed E-state index contributed by atoms with van der Waals surface area (Å²) in [6, 6.07) is 16.3. The lowest BCUT2D eigenvalue weighted by atomic mass is 10.1. The van der Waals surface area contributed by atoms with E-state index in [1.165, 1.54) is 5.56 Å². The molecule has 4 rings (SSSR count). The van der Waals surface area contributed by atoms with Crippen LogP contribution in [0.2, 0.25) is 0 Å². The first-order valence-corrected chi connectivity index (χ1v) is 10.8. The Morgan fingerprint density at radius 1 is 0.871 bits per heavy atom. The van der Waals surface area contributed by atoms with Crippen molar-refractivity contribution in [2.24, 2.45) is 0 Å².